The molecule has 0 fully saturated rings. The van der Waals surface area contributed by atoms with Crippen LogP contribution in [0.3, 0.4) is 0 Å². The Kier molecular flexibility index (Phi) is 3.49. The summed E-state index contributed by atoms with van der Waals surface area (Å²) < 4.78 is 13.4. The first-order valence-corrected chi connectivity index (χ1v) is 7.51. The molecule has 3 rings (SSSR count). The maximum atomic E-state index is 12.5. The number of benzene rings is 1. The molecule has 0 spiro atoms. The van der Waals surface area contributed by atoms with Crippen molar-refractivity contribution in [1.29, 1.82) is 0 Å². The van der Waals surface area contributed by atoms with E-state index in [1.165, 1.54) is 0 Å². The quantitative estimate of drug-likeness (QED) is 0.780. The summed E-state index contributed by atoms with van der Waals surface area (Å²) in [6.45, 7) is 4.41. The van der Waals surface area contributed by atoms with E-state index in [9.17, 15) is 9.59 Å². The van der Waals surface area contributed by atoms with Gasteiger partial charge in [-0.15, -0.1) is 0 Å². The molecule has 0 saturated carbocycles. The van der Waals surface area contributed by atoms with E-state index >= 15 is 0 Å². The van der Waals surface area contributed by atoms with Crippen LogP contribution in [0.5, 0.6) is 5.75 Å². The third-order valence-electron chi connectivity index (χ3n) is 3.54. The molecule has 0 radical (unpaired) electrons. The summed E-state index contributed by atoms with van der Waals surface area (Å²) in [5, 5.41) is 0.463. The number of hydrogen-bond acceptors (Lipinski definition) is 4. The number of carbonyl (C=O) groups is 1. The van der Waals surface area contributed by atoms with Crippen LogP contribution in [0.4, 0.5) is 0 Å². The van der Waals surface area contributed by atoms with Crippen LogP contribution in [0.25, 0.3) is 10.9 Å². The Morgan fingerprint density at radius 2 is 2.29 bits per heavy atom. The molecule has 2 heterocycles. The van der Waals surface area contributed by atoms with Crippen molar-refractivity contribution in [3.8, 4) is 5.75 Å². The molecule has 0 unspecified atom stereocenters. The van der Waals surface area contributed by atoms with Crippen molar-refractivity contribution < 1.29 is 14.3 Å². The molecule has 0 amide bonds. The second kappa shape index (κ2) is 5.18. The van der Waals surface area contributed by atoms with E-state index in [2.05, 4.69) is 15.9 Å². The zero-order chi connectivity index (χ0) is 15.1. The fourth-order valence-corrected chi connectivity index (χ4v) is 2.95. The molecule has 6 heteroatoms. The van der Waals surface area contributed by atoms with Gasteiger partial charge in [0.25, 0.3) is 0 Å². The predicted molar refractivity (Wildman–Crippen MR) is 82.1 cm³/mol. The summed E-state index contributed by atoms with van der Waals surface area (Å²) in [5.74, 6) is 0.0504. The van der Waals surface area contributed by atoms with E-state index in [1.807, 2.05) is 11.5 Å². The Morgan fingerprint density at radius 3 is 3.00 bits per heavy atom. The average molecular weight is 352 g/mol. The number of hydrogen-bond donors (Lipinski definition) is 0. The summed E-state index contributed by atoms with van der Waals surface area (Å²) in [4.78, 5) is 24.5. The maximum Gasteiger partial charge on any atom is 0.343 e. The summed E-state index contributed by atoms with van der Waals surface area (Å²) in [5.41, 5.74) is 0.443. The van der Waals surface area contributed by atoms with E-state index in [4.69, 9.17) is 9.47 Å². The number of rotatable bonds is 2. The van der Waals surface area contributed by atoms with Crippen molar-refractivity contribution in [2.75, 3.05) is 13.2 Å². The minimum absolute atomic E-state index is 0.0306. The minimum atomic E-state index is -0.587. The molecule has 1 atom stereocenters. The minimum Gasteiger partial charge on any atom is -0.488 e. The molecule has 1 aliphatic heterocycles. The standard InChI is InChI=1S/C15H14BrNO4/c1-3-20-15(19)10-6-17-8(2)7-21-14-11(16)5-4-9(12(14)17)13(10)18/h4-6,8H,3,7H2,1-2H3/t8-/m0/s1. The van der Waals surface area contributed by atoms with Gasteiger partial charge >= 0.3 is 5.97 Å². The average Bonchev–Trinajstić information content (AvgIpc) is 2.46. The number of nitrogens with zero attached hydrogens (tertiary/aromatic N) is 1. The topological polar surface area (TPSA) is 57.5 Å². The van der Waals surface area contributed by atoms with Crippen LogP contribution in [-0.2, 0) is 4.74 Å². The first kappa shape index (κ1) is 14.1. The molecule has 0 saturated heterocycles. The van der Waals surface area contributed by atoms with E-state index < -0.39 is 5.97 Å². The van der Waals surface area contributed by atoms with Crippen LogP contribution < -0.4 is 10.2 Å². The number of ether oxygens (including phenoxy) is 2. The van der Waals surface area contributed by atoms with Crippen LogP contribution in [0, 0.1) is 0 Å². The third-order valence-corrected chi connectivity index (χ3v) is 4.16. The van der Waals surface area contributed by atoms with E-state index in [0.717, 1.165) is 4.47 Å². The van der Waals surface area contributed by atoms with Gasteiger partial charge in [0.2, 0.25) is 5.43 Å². The molecule has 0 N–H and O–H groups in total. The molecule has 2 aromatic rings. The lowest BCUT2D eigenvalue weighted by molar-refractivity contribution is 0.0523. The van der Waals surface area contributed by atoms with Gasteiger partial charge in [0, 0.05) is 6.20 Å². The van der Waals surface area contributed by atoms with E-state index in [0.29, 0.717) is 23.3 Å². The Labute approximate surface area is 129 Å². The molecule has 0 bridgehead atoms. The third kappa shape index (κ3) is 2.14. The van der Waals surface area contributed by atoms with Crippen LogP contribution >= 0.6 is 15.9 Å². The van der Waals surface area contributed by atoms with Crippen LogP contribution in [0.15, 0.2) is 27.6 Å². The van der Waals surface area contributed by atoms with Gasteiger partial charge in [0.15, 0.2) is 5.75 Å². The molecule has 1 aromatic heterocycles. The Hall–Kier alpha value is -1.82. The molecule has 5 nitrogen and oxygen atoms in total. The number of pyridine rings is 1. The number of esters is 1. The van der Waals surface area contributed by atoms with Crippen molar-refractivity contribution in [3.63, 3.8) is 0 Å². The lowest BCUT2D eigenvalue weighted by Crippen LogP contribution is -2.27. The number of carbonyl (C=O) groups excluding carboxylic acids is 1. The molecule has 21 heavy (non-hydrogen) atoms. The molecule has 1 aliphatic rings. The summed E-state index contributed by atoms with van der Waals surface area (Å²) in [7, 11) is 0. The monoisotopic (exact) mass is 351 g/mol. The van der Waals surface area contributed by atoms with Crippen molar-refractivity contribution >= 4 is 32.8 Å². The Bertz CT molecular complexity index is 796. The molecule has 110 valence electrons. The summed E-state index contributed by atoms with van der Waals surface area (Å²) in [6, 6.07) is 3.49. The van der Waals surface area contributed by atoms with Crippen molar-refractivity contribution in [2.45, 2.75) is 19.9 Å². The largest absolute Gasteiger partial charge is 0.488 e. The molecule has 1 aromatic carbocycles. The van der Waals surface area contributed by atoms with Gasteiger partial charge in [-0.25, -0.2) is 4.79 Å². The molecular weight excluding hydrogens is 338 g/mol. The zero-order valence-electron chi connectivity index (χ0n) is 11.7. The Morgan fingerprint density at radius 1 is 1.52 bits per heavy atom. The molecular formula is C15H14BrNO4. The van der Waals surface area contributed by atoms with Crippen molar-refractivity contribution in [1.82, 2.24) is 4.57 Å². The van der Waals surface area contributed by atoms with Crippen LogP contribution in [0.1, 0.15) is 30.2 Å². The summed E-state index contributed by atoms with van der Waals surface area (Å²) in [6.07, 6.45) is 1.58. The lowest BCUT2D eigenvalue weighted by atomic mass is 10.1. The SMILES string of the molecule is CCOC(=O)c1cn2c3c(c(Br)ccc3c1=O)OC[C@@H]2C. The summed E-state index contributed by atoms with van der Waals surface area (Å²) >= 11 is 3.43. The van der Waals surface area contributed by atoms with Crippen molar-refractivity contribution in [3.05, 3.63) is 38.6 Å². The highest BCUT2D eigenvalue weighted by molar-refractivity contribution is 9.10. The second-order valence-corrected chi connectivity index (χ2v) is 5.79. The highest BCUT2D eigenvalue weighted by atomic mass is 79.9. The predicted octanol–water partition coefficient (Wildman–Crippen LogP) is 2.89. The zero-order valence-corrected chi connectivity index (χ0v) is 13.3. The van der Waals surface area contributed by atoms with Gasteiger partial charge in [-0.3, -0.25) is 4.79 Å². The first-order valence-electron chi connectivity index (χ1n) is 6.71. The molecule has 0 aliphatic carbocycles. The van der Waals surface area contributed by atoms with Gasteiger partial charge in [0.1, 0.15) is 12.2 Å². The normalized spacial score (nSPS) is 16.6. The van der Waals surface area contributed by atoms with Crippen LogP contribution in [-0.4, -0.2) is 23.8 Å². The van der Waals surface area contributed by atoms with E-state index in [-0.39, 0.29) is 23.6 Å². The van der Waals surface area contributed by atoms with Crippen LogP contribution in [0.2, 0.25) is 0 Å². The number of aromatic nitrogens is 1. The Balaban J connectivity index is 2.37. The first-order chi connectivity index (χ1) is 10.0. The van der Waals surface area contributed by atoms with Gasteiger partial charge < -0.3 is 14.0 Å². The van der Waals surface area contributed by atoms with Crippen molar-refractivity contribution in [2.24, 2.45) is 0 Å². The smallest absolute Gasteiger partial charge is 0.343 e. The fraction of sp³-hybridized carbons (Fsp3) is 0.333. The highest BCUT2D eigenvalue weighted by Crippen LogP contribution is 2.37. The van der Waals surface area contributed by atoms with E-state index in [1.54, 1.807) is 25.3 Å². The maximum absolute atomic E-state index is 12.5. The van der Waals surface area contributed by atoms with Gasteiger partial charge in [-0.05, 0) is 41.9 Å². The second-order valence-electron chi connectivity index (χ2n) is 4.93. The highest BCUT2D eigenvalue weighted by Gasteiger charge is 2.25. The van der Waals surface area contributed by atoms with Gasteiger partial charge in [-0.2, -0.15) is 0 Å². The van der Waals surface area contributed by atoms with Gasteiger partial charge in [-0.1, -0.05) is 0 Å². The number of halogens is 1. The fourth-order valence-electron chi connectivity index (χ4n) is 2.52. The van der Waals surface area contributed by atoms with Gasteiger partial charge in [0.05, 0.1) is 28.0 Å². The lowest BCUT2D eigenvalue weighted by Gasteiger charge is -2.27.